The van der Waals surface area contributed by atoms with Gasteiger partial charge in [-0.15, -0.1) is 0 Å². The lowest BCUT2D eigenvalue weighted by Gasteiger charge is -2.12. The van der Waals surface area contributed by atoms with Crippen LogP contribution in [0.2, 0.25) is 0 Å². The van der Waals surface area contributed by atoms with E-state index in [2.05, 4.69) is 25.9 Å². The second-order valence-corrected chi connectivity index (χ2v) is 8.80. The molecule has 156 valence electrons. The van der Waals surface area contributed by atoms with Crippen molar-refractivity contribution in [1.82, 2.24) is 19.1 Å². The minimum Gasteiger partial charge on any atom is -0.384 e. The van der Waals surface area contributed by atoms with Crippen molar-refractivity contribution >= 4 is 50.2 Å². The van der Waals surface area contributed by atoms with E-state index in [1.807, 2.05) is 6.92 Å². The number of carbonyl (C=O) groups excluding carboxylic acids is 1. The average molecular weight is 492 g/mol. The molecule has 30 heavy (non-hydrogen) atoms. The number of halogens is 1. The van der Waals surface area contributed by atoms with Crippen molar-refractivity contribution in [2.24, 2.45) is 0 Å². The van der Waals surface area contributed by atoms with Gasteiger partial charge in [0.05, 0.1) is 16.7 Å². The second kappa shape index (κ2) is 7.88. The van der Waals surface area contributed by atoms with Crippen molar-refractivity contribution in [3.63, 3.8) is 0 Å². The number of hydrogen-bond donors (Lipinski definition) is 2. The van der Waals surface area contributed by atoms with Crippen LogP contribution in [0, 0.1) is 0 Å². The molecule has 1 fully saturated rings. The van der Waals surface area contributed by atoms with E-state index in [4.69, 9.17) is 5.73 Å². The monoisotopic (exact) mass is 491 g/mol. The lowest BCUT2D eigenvalue weighted by Crippen LogP contribution is -2.36. The quantitative estimate of drug-likeness (QED) is 0.305. The van der Waals surface area contributed by atoms with Crippen molar-refractivity contribution in [3.05, 3.63) is 59.4 Å². The van der Waals surface area contributed by atoms with Crippen LogP contribution < -0.4 is 22.5 Å². The standard InChI is InChI=1S/C19H18BrN5O4S/c1-2-24-17(28)11-7-9(20)3-6-12(11)22-19(24)30-8-13(26)14-15(21)25(10-4-5-10)18(29)23-16(14)27/h3,6-7,10H,2,4-5,8,21H2,1H3,(H,23,27,29). The minimum absolute atomic E-state index is 0.0831. The molecule has 0 atom stereocenters. The van der Waals surface area contributed by atoms with Crippen molar-refractivity contribution < 1.29 is 4.79 Å². The molecule has 1 aliphatic rings. The normalized spacial score (nSPS) is 13.7. The molecular formula is C19H18BrN5O4S. The molecule has 1 aromatic carbocycles. The lowest BCUT2D eigenvalue weighted by atomic mass is 10.2. The zero-order valence-corrected chi connectivity index (χ0v) is 18.4. The van der Waals surface area contributed by atoms with E-state index in [-0.39, 0.29) is 28.7 Å². The van der Waals surface area contributed by atoms with Crippen LogP contribution in [-0.2, 0) is 6.54 Å². The van der Waals surface area contributed by atoms with Crippen molar-refractivity contribution in [2.75, 3.05) is 11.5 Å². The number of nitrogens with zero attached hydrogens (tertiary/aromatic N) is 3. The number of fused-ring (bicyclic) bond motifs is 1. The fraction of sp³-hybridized carbons (Fsp3) is 0.316. The molecule has 2 aromatic heterocycles. The van der Waals surface area contributed by atoms with Crippen molar-refractivity contribution in [1.29, 1.82) is 0 Å². The fourth-order valence-corrected chi connectivity index (χ4v) is 4.59. The summed E-state index contributed by atoms with van der Waals surface area (Å²) in [5, 5.41) is 0.843. The predicted molar refractivity (Wildman–Crippen MR) is 118 cm³/mol. The smallest absolute Gasteiger partial charge is 0.330 e. The first-order valence-corrected chi connectivity index (χ1v) is 11.1. The van der Waals surface area contributed by atoms with Gasteiger partial charge in [0.2, 0.25) is 0 Å². The molecule has 9 nitrogen and oxygen atoms in total. The summed E-state index contributed by atoms with van der Waals surface area (Å²) in [4.78, 5) is 56.6. The lowest BCUT2D eigenvalue weighted by molar-refractivity contribution is 0.102. The van der Waals surface area contributed by atoms with E-state index in [1.54, 1.807) is 18.2 Å². The fourth-order valence-electron chi connectivity index (χ4n) is 3.29. The molecule has 11 heteroatoms. The molecule has 0 amide bonds. The topological polar surface area (TPSA) is 133 Å². The molecule has 2 heterocycles. The molecule has 3 N–H and O–H groups in total. The second-order valence-electron chi connectivity index (χ2n) is 6.94. The summed E-state index contributed by atoms with van der Waals surface area (Å²) in [5.74, 6) is -0.785. The highest BCUT2D eigenvalue weighted by Crippen LogP contribution is 2.35. The van der Waals surface area contributed by atoms with E-state index >= 15 is 0 Å². The van der Waals surface area contributed by atoms with Gasteiger partial charge in [0.1, 0.15) is 11.4 Å². The molecule has 3 aromatic rings. The number of nitrogens with two attached hydrogens (primary N) is 1. The summed E-state index contributed by atoms with van der Waals surface area (Å²) in [5.41, 5.74) is 4.67. The number of benzene rings is 1. The largest absolute Gasteiger partial charge is 0.384 e. The number of ketones is 1. The maximum Gasteiger partial charge on any atom is 0.330 e. The van der Waals surface area contributed by atoms with Gasteiger partial charge in [-0.25, -0.2) is 9.78 Å². The van der Waals surface area contributed by atoms with Crippen LogP contribution in [0.1, 0.15) is 36.2 Å². The molecule has 0 spiro atoms. The highest BCUT2D eigenvalue weighted by Gasteiger charge is 2.30. The van der Waals surface area contributed by atoms with Crippen molar-refractivity contribution in [2.45, 2.75) is 37.5 Å². The Morgan fingerprint density at radius 3 is 2.73 bits per heavy atom. The van der Waals surface area contributed by atoms with E-state index in [9.17, 15) is 19.2 Å². The Hall–Kier alpha value is -2.66. The molecule has 1 aliphatic carbocycles. The summed E-state index contributed by atoms with van der Waals surface area (Å²) in [6.07, 6.45) is 1.55. The Bertz CT molecular complexity index is 1360. The van der Waals surface area contributed by atoms with Gasteiger partial charge in [-0.1, -0.05) is 27.7 Å². The molecule has 1 saturated carbocycles. The molecule has 0 saturated heterocycles. The summed E-state index contributed by atoms with van der Waals surface area (Å²) < 4.78 is 3.52. The van der Waals surface area contributed by atoms with Crippen LogP contribution in [0.25, 0.3) is 10.9 Å². The van der Waals surface area contributed by atoms with Gasteiger partial charge in [0, 0.05) is 17.1 Å². The highest BCUT2D eigenvalue weighted by atomic mass is 79.9. The van der Waals surface area contributed by atoms with Gasteiger partial charge in [-0.2, -0.15) is 0 Å². The predicted octanol–water partition coefficient (Wildman–Crippen LogP) is 1.92. The SMILES string of the molecule is CCn1c(SCC(=O)c2c(N)n(C3CC3)c(=O)[nH]c2=O)nc2ccc(Br)cc2c1=O. The Balaban J connectivity index is 1.68. The zero-order valence-electron chi connectivity index (χ0n) is 16.0. The summed E-state index contributed by atoms with van der Waals surface area (Å²) in [6.45, 7) is 2.19. The molecule has 0 radical (unpaired) electrons. The maximum atomic E-state index is 12.8. The first kappa shape index (κ1) is 20.6. The number of aromatic amines is 1. The van der Waals surface area contributed by atoms with Crippen molar-refractivity contribution in [3.8, 4) is 0 Å². The number of thioether (sulfide) groups is 1. The number of H-pyrrole nitrogens is 1. The molecular weight excluding hydrogens is 474 g/mol. The number of carbonyl (C=O) groups is 1. The molecule has 0 aliphatic heterocycles. The third kappa shape index (κ3) is 3.63. The van der Waals surface area contributed by atoms with E-state index in [0.29, 0.717) is 22.6 Å². The Labute approximate surface area is 182 Å². The third-order valence-corrected chi connectivity index (χ3v) is 6.37. The number of rotatable bonds is 6. The van der Waals surface area contributed by atoms with E-state index in [1.165, 1.54) is 9.13 Å². The molecule has 0 unspecified atom stereocenters. The number of aromatic nitrogens is 4. The van der Waals surface area contributed by atoms with Crippen LogP contribution in [-0.4, -0.2) is 30.6 Å². The summed E-state index contributed by atoms with van der Waals surface area (Å²) in [6, 6.07) is 5.13. The summed E-state index contributed by atoms with van der Waals surface area (Å²) >= 11 is 4.41. The van der Waals surface area contributed by atoms with E-state index < -0.39 is 17.0 Å². The first-order valence-electron chi connectivity index (χ1n) is 9.32. The highest BCUT2D eigenvalue weighted by molar-refractivity contribution is 9.10. The van der Waals surface area contributed by atoms with Crippen LogP contribution in [0.3, 0.4) is 0 Å². The van der Waals surface area contributed by atoms with Gasteiger partial charge in [0.25, 0.3) is 11.1 Å². The maximum absolute atomic E-state index is 12.8. The van der Waals surface area contributed by atoms with Crippen LogP contribution in [0.4, 0.5) is 5.82 Å². The number of nitrogen functional groups attached to an aromatic ring is 1. The Morgan fingerprint density at radius 1 is 1.33 bits per heavy atom. The van der Waals surface area contributed by atoms with Gasteiger partial charge in [0.15, 0.2) is 10.9 Å². The van der Waals surface area contributed by atoms with E-state index in [0.717, 1.165) is 29.1 Å². The number of Topliss-reactive ketones (excluding diaryl/α,β-unsaturated/α-hetero) is 1. The third-order valence-electron chi connectivity index (χ3n) is 4.90. The Morgan fingerprint density at radius 2 is 2.07 bits per heavy atom. The Kier molecular flexibility index (Phi) is 5.41. The molecule has 0 bridgehead atoms. The van der Waals surface area contributed by atoms with Gasteiger partial charge >= 0.3 is 5.69 Å². The van der Waals surface area contributed by atoms with Crippen LogP contribution in [0.5, 0.6) is 0 Å². The number of anilines is 1. The van der Waals surface area contributed by atoms with Gasteiger partial charge in [-0.3, -0.25) is 28.5 Å². The van der Waals surface area contributed by atoms with Crippen LogP contribution in [0.15, 0.2) is 42.2 Å². The molecule has 4 rings (SSSR count). The van der Waals surface area contributed by atoms with Crippen LogP contribution >= 0.6 is 27.7 Å². The number of nitrogens with one attached hydrogen (secondary N) is 1. The first-order chi connectivity index (χ1) is 14.3. The van der Waals surface area contributed by atoms with Gasteiger partial charge < -0.3 is 5.73 Å². The summed E-state index contributed by atoms with van der Waals surface area (Å²) in [7, 11) is 0. The van der Waals surface area contributed by atoms with Gasteiger partial charge in [-0.05, 0) is 38.0 Å². The average Bonchev–Trinajstić information content (AvgIpc) is 3.51. The number of hydrogen-bond acceptors (Lipinski definition) is 7. The zero-order chi connectivity index (χ0) is 21.6. The minimum atomic E-state index is -0.802.